The maximum absolute atomic E-state index is 11.9. The predicted octanol–water partition coefficient (Wildman–Crippen LogP) is 2.88. The fourth-order valence-corrected chi connectivity index (χ4v) is 2.71. The Hall–Kier alpha value is -1.75. The van der Waals surface area contributed by atoms with Crippen molar-refractivity contribution < 1.29 is 14.3 Å². The first kappa shape index (κ1) is 15.6. The van der Waals surface area contributed by atoms with Gasteiger partial charge in [0.25, 0.3) is 0 Å². The zero-order valence-electron chi connectivity index (χ0n) is 12.9. The zero-order chi connectivity index (χ0) is 15.2. The van der Waals surface area contributed by atoms with Crippen LogP contribution in [0.1, 0.15) is 20.3 Å². The molecule has 1 aliphatic heterocycles. The van der Waals surface area contributed by atoms with Crippen molar-refractivity contribution in [3.63, 3.8) is 0 Å². The van der Waals surface area contributed by atoms with E-state index < -0.39 is 0 Å². The van der Waals surface area contributed by atoms with Crippen LogP contribution in [0.4, 0.5) is 10.5 Å². The minimum Gasteiger partial charge on any atom is -0.497 e. The van der Waals surface area contributed by atoms with Crippen molar-refractivity contribution in [2.75, 3.05) is 25.6 Å². The van der Waals surface area contributed by atoms with Crippen molar-refractivity contribution in [3.8, 4) is 5.75 Å². The number of hydrogen-bond acceptors (Lipinski definition) is 3. The predicted molar refractivity (Wildman–Crippen MR) is 82.7 cm³/mol. The van der Waals surface area contributed by atoms with Crippen LogP contribution in [-0.4, -0.2) is 32.4 Å². The van der Waals surface area contributed by atoms with Crippen LogP contribution in [0.2, 0.25) is 0 Å². The highest BCUT2D eigenvalue weighted by Gasteiger charge is 2.30. The van der Waals surface area contributed by atoms with Gasteiger partial charge in [-0.3, -0.25) is 0 Å². The molecule has 0 aliphatic carbocycles. The van der Waals surface area contributed by atoms with Crippen LogP contribution in [0.15, 0.2) is 24.3 Å². The zero-order valence-corrected chi connectivity index (χ0v) is 12.9. The molecule has 0 aromatic heterocycles. The van der Waals surface area contributed by atoms with E-state index in [0.29, 0.717) is 18.4 Å². The Kier molecular flexibility index (Phi) is 5.44. The number of carbonyl (C=O) groups excluding carboxylic acids is 1. The van der Waals surface area contributed by atoms with Gasteiger partial charge in [0, 0.05) is 30.8 Å². The van der Waals surface area contributed by atoms with Gasteiger partial charge in [-0.1, -0.05) is 19.9 Å². The Morgan fingerprint density at radius 3 is 3.00 bits per heavy atom. The number of hydrogen-bond donors (Lipinski definition) is 2. The molecule has 116 valence electrons. The van der Waals surface area contributed by atoms with Crippen LogP contribution in [0.25, 0.3) is 0 Å². The number of amides is 2. The van der Waals surface area contributed by atoms with Gasteiger partial charge in [0.15, 0.2) is 0 Å². The van der Waals surface area contributed by atoms with Crippen LogP contribution in [-0.2, 0) is 4.74 Å². The molecule has 1 saturated heterocycles. The van der Waals surface area contributed by atoms with E-state index in [4.69, 9.17) is 9.47 Å². The molecule has 1 fully saturated rings. The number of benzene rings is 1. The Balaban J connectivity index is 1.82. The van der Waals surface area contributed by atoms with E-state index in [2.05, 4.69) is 24.5 Å². The van der Waals surface area contributed by atoms with Gasteiger partial charge in [-0.25, -0.2) is 4.79 Å². The Morgan fingerprint density at radius 1 is 1.48 bits per heavy atom. The lowest BCUT2D eigenvalue weighted by atomic mass is 9.93. The number of anilines is 1. The molecule has 0 saturated carbocycles. The third kappa shape index (κ3) is 4.36. The molecule has 21 heavy (non-hydrogen) atoms. The van der Waals surface area contributed by atoms with E-state index in [1.807, 2.05) is 18.2 Å². The lowest BCUT2D eigenvalue weighted by Crippen LogP contribution is -2.37. The quantitative estimate of drug-likeness (QED) is 0.877. The number of methoxy groups -OCH3 is 1. The lowest BCUT2D eigenvalue weighted by Gasteiger charge is -2.22. The molecule has 1 aromatic carbocycles. The van der Waals surface area contributed by atoms with E-state index in [-0.39, 0.29) is 12.1 Å². The second kappa shape index (κ2) is 7.31. The first-order valence-corrected chi connectivity index (χ1v) is 7.40. The largest absolute Gasteiger partial charge is 0.497 e. The molecule has 0 radical (unpaired) electrons. The second-order valence-corrected chi connectivity index (χ2v) is 5.70. The van der Waals surface area contributed by atoms with Crippen LogP contribution in [0, 0.1) is 11.8 Å². The van der Waals surface area contributed by atoms with Crippen molar-refractivity contribution in [3.05, 3.63) is 24.3 Å². The summed E-state index contributed by atoms with van der Waals surface area (Å²) in [4.78, 5) is 11.9. The summed E-state index contributed by atoms with van der Waals surface area (Å²) < 4.78 is 10.8. The Bertz CT molecular complexity index is 476. The normalized spacial score (nSPS) is 21.3. The SMILES string of the molecule is COc1cccc(NC(=O)NC[C@H]2CCO[C@H]2C(C)C)c1. The monoisotopic (exact) mass is 292 g/mol. The molecule has 0 unspecified atom stereocenters. The molecule has 1 aliphatic rings. The molecular formula is C16H24N2O3. The minimum absolute atomic E-state index is 0.197. The summed E-state index contributed by atoms with van der Waals surface area (Å²) >= 11 is 0. The van der Waals surface area contributed by atoms with E-state index in [9.17, 15) is 4.79 Å². The molecule has 2 atom stereocenters. The maximum atomic E-state index is 11.9. The van der Waals surface area contributed by atoms with Crippen LogP contribution in [0.5, 0.6) is 5.75 Å². The highest BCUT2D eigenvalue weighted by Crippen LogP contribution is 2.26. The number of urea groups is 1. The van der Waals surface area contributed by atoms with Crippen molar-refractivity contribution in [2.24, 2.45) is 11.8 Å². The van der Waals surface area contributed by atoms with Crippen molar-refractivity contribution in [1.82, 2.24) is 5.32 Å². The molecule has 0 spiro atoms. The van der Waals surface area contributed by atoms with Crippen molar-refractivity contribution in [1.29, 1.82) is 0 Å². The summed E-state index contributed by atoms with van der Waals surface area (Å²) in [6.07, 6.45) is 1.24. The fourth-order valence-electron chi connectivity index (χ4n) is 2.71. The first-order valence-electron chi connectivity index (χ1n) is 7.40. The van der Waals surface area contributed by atoms with Gasteiger partial charge in [-0.05, 0) is 24.5 Å². The first-order chi connectivity index (χ1) is 10.1. The van der Waals surface area contributed by atoms with Gasteiger partial charge in [0.1, 0.15) is 5.75 Å². The molecule has 1 heterocycles. The average Bonchev–Trinajstić information content (AvgIpc) is 2.94. The summed E-state index contributed by atoms with van der Waals surface area (Å²) in [7, 11) is 1.60. The maximum Gasteiger partial charge on any atom is 0.319 e. The smallest absolute Gasteiger partial charge is 0.319 e. The van der Waals surface area contributed by atoms with Crippen LogP contribution >= 0.6 is 0 Å². The minimum atomic E-state index is -0.197. The second-order valence-electron chi connectivity index (χ2n) is 5.70. The third-order valence-corrected chi connectivity index (χ3v) is 3.77. The third-order valence-electron chi connectivity index (χ3n) is 3.77. The van der Waals surface area contributed by atoms with Crippen molar-refractivity contribution in [2.45, 2.75) is 26.4 Å². The summed E-state index contributed by atoms with van der Waals surface area (Å²) in [6.45, 7) is 5.73. The molecular weight excluding hydrogens is 268 g/mol. The van der Waals surface area contributed by atoms with Gasteiger partial charge in [0.05, 0.1) is 13.2 Å². The lowest BCUT2D eigenvalue weighted by molar-refractivity contribution is 0.0546. The van der Waals surface area contributed by atoms with Gasteiger partial charge in [-0.2, -0.15) is 0 Å². The topological polar surface area (TPSA) is 59.6 Å². The summed E-state index contributed by atoms with van der Waals surface area (Å²) in [5.74, 6) is 1.58. The summed E-state index contributed by atoms with van der Waals surface area (Å²) in [5.41, 5.74) is 0.718. The van der Waals surface area contributed by atoms with E-state index >= 15 is 0 Å². The van der Waals surface area contributed by atoms with E-state index in [0.717, 1.165) is 24.5 Å². The van der Waals surface area contributed by atoms with Crippen LogP contribution < -0.4 is 15.4 Å². The molecule has 2 amide bonds. The fraction of sp³-hybridized carbons (Fsp3) is 0.562. The molecule has 2 N–H and O–H groups in total. The highest BCUT2D eigenvalue weighted by molar-refractivity contribution is 5.89. The Morgan fingerprint density at radius 2 is 2.29 bits per heavy atom. The van der Waals surface area contributed by atoms with Crippen LogP contribution in [0.3, 0.4) is 0 Å². The molecule has 2 rings (SSSR count). The van der Waals surface area contributed by atoms with Gasteiger partial charge < -0.3 is 20.1 Å². The molecule has 1 aromatic rings. The standard InChI is InChI=1S/C16H24N2O3/c1-11(2)15-12(7-8-21-15)10-17-16(19)18-13-5-4-6-14(9-13)20-3/h4-6,9,11-12,15H,7-8,10H2,1-3H3,(H2,17,18,19)/t12-,15+/m1/s1. The van der Waals surface area contributed by atoms with E-state index in [1.54, 1.807) is 13.2 Å². The number of ether oxygens (including phenoxy) is 2. The number of carbonyl (C=O) groups is 1. The average molecular weight is 292 g/mol. The summed E-state index contributed by atoms with van der Waals surface area (Å²) in [6, 6.07) is 7.10. The van der Waals surface area contributed by atoms with Gasteiger partial charge >= 0.3 is 6.03 Å². The molecule has 5 nitrogen and oxygen atoms in total. The number of rotatable bonds is 5. The number of nitrogens with one attached hydrogen (secondary N) is 2. The molecule has 5 heteroatoms. The molecule has 0 bridgehead atoms. The van der Waals surface area contributed by atoms with Crippen molar-refractivity contribution >= 4 is 11.7 Å². The Labute approximate surface area is 126 Å². The highest BCUT2D eigenvalue weighted by atomic mass is 16.5. The summed E-state index contributed by atoms with van der Waals surface area (Å²) in [5, 5.41) is 5.74. The van der Waals surface area contributed by atoms with E-state index in [1.165, 1.54) is 0 Å². The van der Waals surface area contributed by atoms with Gasteiger partial charge in [-0.15, -0.1) is 0 Å². The van der Waals surface area contributed by atoms with Gasteiger partial charge in [0.2, 0.25) is 0 Å².